The van der Waals surface area contributed by atoms with Crippen LogP contribution in [0.15, 0.2) is 12.1 Å². The molecule has 0 unspecified atom stereocenters. The lowest BCUT2D eigenvalue weighted by Gasteiger charge is -2.32. The van der Waals surface area contributed by atoms with E-state index in [9.17, 15) is 5.21 Å². The van der Waals surface area contributed by atoms with Gasteiger partial charge in [-0.2, -0.15) is 4.73 Å². The third kappa shape index (κ3) is 2.02. The van der Waals surface area contributed by atoms with Crippen LogP contribution < -0.4 is 10.2 Å². The van der Waals surface area contributed by atoms with Crippen LogP contribution in [0.3, 0.4) is 0 Å². The molecule has 18 heavy (non-hydrogen) atoms. The van der Waals surface area contributed by atoms with Gasteiger partial charge < -0.3 is 14.5 Å². The van der Waals surface area contributed by atoms with Gasteiger partial charge in [-0.3, -0.25) is 0 Å². The standard InChI is InChI=1S/C13H20BNO3/c1-9-7-11(8-10(2)15(9)16)14-17-12(3,4)13(5,6)18-14/h7-8H,1-6H3. The minimum atomic E-state index is -0.409. The lowest BCUT2D eigenvalue weighted by Crippen LogP contribution is -2.41. The van der Waals surface area contributed by atoms with Gasteiger partial charge in [0, 0.05) is 26.0 Å². The van der Waals surface area contributed by atoms with Gasteiger partial charge in [0.15, 0.2) is 11.4 Å². The van der Waals surface area contributed by atoms with E-state index in [0.29, 0.717) is 11.4 Å². The fourth-order valence-electron chi connectivity index (χ4n) is 2.03. The lowest BCUT2D eigenvalue weighted by atomic mass is 9.79. The zero-order valence-corrected chi connectivity index (χ0v) is 11.9. The molecule has 1 saturated heterocycles. The Bertz CT molecular complexity index is 446. The molecule has 1 aliphatic heterocycles. The van der Waals surface area contributed by atoms with E-state index >= 15 is 0 Å². The molecule has 0 radical (unpaired) electrons. The number of hydrogen-bond donors (Lipinski definition) is 0. The molecule has 2 rings (SSSR count). The number of nitrogens with zero attached hydrogens (tertiary/aromatic N) is 1. The van der Waals surface area contributed by atoms with E-state index in [-0.39, 0.29) is 11.2 Å². The minimum Gasteiger partial charge on any atom is -0.618 e. The van der Waals surface area contributed by atoms with Gasteiger partial charge in [-0.25, -0.2) is 0 Å². The van der Waals surface area contributed by atoms with Gasteiger partial charge in [0.2, 0.25) is 0 Å². The second-order valence-electron chi connectivity index (χ2n) is 5.95. The Balaban J connectivity index is 2.36. The van der Waals surface area contributed by atoms with Crippen molar-refractivity contribution in [3.63, 3.8) is 0 Å². The molecule has 0 spiro atoms. The predicted molar refractivity (Wildman–Crippen MR) is 70.6 cm³/mol. The van der Waals surface area contributed by atoms with Crippen molar-refractivity contribution in [3.05, 3.63) is 28.7 Å². The van der Waals surface area contributed by atoms with Crippen LogP contribution >= 0.6 is 0 Å². The summed E-state index contributed by atoms with van der Waals surface area (Å²) in [6.07, 6.45) is 0. The molecule has 4 nitrogen and oxygen atoms in total. The highest BCUT2D eigenvalue weighted by Crippen LogP contribution is 2.36. The average molecular weight is 249 g/mol. The van der Waals surface area contributed by atoms with Crippen LogP contribution in [0.2, 0.25) is 0 Å². The molecule has 1 fully saturated rings. The highest BCUT2D eigenvalue weighted by atomic mass is 16.7. The van der Waals surface area contributed by atoms with Crippen LogP contribution in [0.1, 0.15) is 39.1 Å². The Morgan fingerprint density at radius 3 is 1.78 bits per heavy atom. The van der Waals surface area contributed by atoms with Gasteiger partial charge in [0.1, 0.15) is 0 Å². The average Bonchev–Trinajstić information content (AvgIpc) is 2.44. The Hall–Kier alpha value is -1.07. The molecule has 1 aromatic rings. The van der Waals surface area contributed by atoms with E-state index in [1.807, 2.05) is 39.8 Å². The normalized spacial score (nSPS) is 21.3. The lowest BCUT2D eigenvalue weighted by molar-refractivity contribution is -0.618. The molecule has 0 aromatic carbocycles. The maximum absolute atomic E-state index is 11.6. The van der Waals surface area contributed by atoms with E-state index in [1.165, 1.54) is 0 Å². The monoisotopic (exact) mass is 249 g/mol. The van der Waals surface area contributed by atoms with Crippen molar-refractivity contribution >= 4 is 12.6 Å². The molecule has 1 aliphatic rings. The Kier molecular flexibility index (Phi) is 2.95. The fraction of sp³-hybridized carbons (Fsp3) is 0.615. The summed E-state index contributed by atoms with van der Waals surface area (Å²) in [5, 5.41) is 11.6. The Labute approximate surface area is 109 Å². The van der Waals surface area contributed by atoms with Crippen LogP contribution in [0.4, 0.5) is 0 Å². The van der Waals surface area contributed by atoms with Gasteiger partial charge in [0.25, 0.3) is 0 Å². The van der Waals surface area contributed by atoms with Crippen molar-refractivity contribution in [1.82, 2.24) is 0 Å². The Morgan fingerprint density at radius 2 is 1.39 bits per heavy atom. The SMILES string of the molecule is Cc1cc(B2OC(C)(C)C(C)(C)O2)cc(C)[n+]1[O-]. The minimum absolute atomic E-state index is 0.358. The fourth-order valence-corrected chi connectivity index (χ4v) is 2.03. The summed E-state index contributed by atoms with van der Waals surface area (Å²) in [6.45, 7) is 11.6. The predicted octanol–water partition coefficient (Wildman–Crippen LogP) is 1.24. The van der Waals surface area contributed by atoms with Crippen molar-refractivity contribution in [2.24, 2.45) is 0 Å². The third-order valence-corrected chi connectivity index (χ3v) is 3.92. The first kappa shape index (κ1) is 13.4. The second-order valence-corrected chi connectivity index (χ2v) is 5.95. The summed E-state index contributed by atoms with van der Waals surface area (Å²) in [5.74, 6) is 0. The molecule has 0 saturated carbocycles. The van der Waals surface area contributed by atoms with E-state index in [2.05, 4.69) is 0 Å². The summed E-state index contributed by atoms with van der Waals surface area (Å²) in [7, 11) is -0.409. The molecule has 98 valence electrons. The smallest absolute Gasteiger partial charge is 0.495 e. The zero-order chi connectivity index (χ0) is 13.7. The van der Waals surface area contributed by atoms with Gasteiger partial charge >= 0.3 is 7.12 Å². The molecular weight excluding hydrogens is 229 g/mol. The van der Waals surface area contributed by atoms with E-state index in [1.54, 1.807) is 13.8 Å². The Morgan fingerprint density at radius 1 is 1.00 bits per heavy atom. The summed E-state index contributed by atoms with van der Waals surface area (Å²) in [6, 6.07) is 3.64. The molecule has 0 amide bonds. The van der Waals surface area contributed by atoms with Crippen molar-refractivity contribution in [2.45, 2.75) is 52.7 Å². The topological polar surface area (TPSA) is 45.4 Å². The molecular formula is C13H20BNO3. The first-order valence-corrected chi connectivity index (χ1v) is 6.20. The van der Waals surface area contributed by atoms with Gasteiger partial charge in [0.05, 0.1) is 11.2 Å². The number of pyridine rings is 1. The quantitative estimate of drug-likeness (QED) is 0.427. The molecule has 1 aromatic heterocycles. The molecule has 0 bridgehead atoms. The molecule has 0 N–H and O–H groups in total. The summed E-state index contributed by atoms with van der Waals surface area (Å²) in [4.78, 5) is 0. The van der Waals surface area contributed by atoms with Crippen molar-refractivity contribution < 1.29 is 14.0 Å². The maximum atomic E-state index is 11.6. The first-order chi connectivity index (χ1) is 8.14. The third-order valence-electron chi connectivity index (χ3n) is 3.92. The number of aryl methyl sites for hydroxylation is 2. The van der Waals surface area contributed by atoms with Crippen molar-refractivity contribution in [3.8, 4) is 0 Å². The highest BCUT2D eigenvalue weighted by Gasteiger charge is 2.52. The summed E-state index contributed by atoms with van der Waals surface area (Å²) in [5.41, 5.74) is 1.49. The first-order valence-electron chi connectivity index (χ1n) is 6.20. The molecule has 5 heteroatoms. The molecule has 0 aliphatic carbocycles. The number of aromatic nitrogens is 1. The van der Waals surface area contributed by atoms with Crippen LogP contribution in [0.5, 0.6) is 0 Å². The van der Waals surface area contributed by atoms with Crippen LogP contribution in [-0.4, -0.2) is 18.3 Å². The number of rotatable bonds is 1. The maximum Gasteiger partial charge on any atom is 0.495 e. The summed E-state index contributed by atoms with van der Waals surface area (Å²) >= 11 is 0. The van der Waals surface area contributed by atoms with Crippen LogP contribution in [0, 0.1) is 19.1 Å². The van der Waals surface area contributed by atoms with Gasteiger partial charge in [-0.1, -0.05) is 0 Å². The van der Waals surface area contributed by atoms with Crippen LogP contribution in [0.25, 0.3) is 0 Å². The van der Waals surface area contributed by atoms with E-state index < -0.39 is 7.12 Å². The van der Waals surface area contributed by atoms with Gasteiger partial charge in [-0.05, 0) is 33.2 Å². The van der Waals surface area contributed by atoms with Crippen molar-refractivity contribution in [1.29, 1.82) is 0 Å². The molecule has 0 atom stereocenters. The highest BCUT2D eigenvalue weighted by molar-refractivity contribution is 6.62. The second kappa shape index (κ2) is 3.97. The van der Waals surface area contributed by atoms with E-state index in [4.69, 9.17) is 9.31 Å². The number of hydrogen-bond acceptors (Lipinski definition) is 3. The van der Waals surface area contributed by atoms with E-state index in [0.717, 1.165) is 10.2 Å². The van der Waals surface area contributed by atoms with Crippen LogP contribution in [-0.2, 0) is 9.31 Å². The molecule has 2 heterocycles. The van der Waals surface area contributed by atoms with Crippen molar-refractivity contribution in [2.75, 3.05) is 0 Å². The largest absolute Gasteiger partial charge is 0.618 e. The van der Waals surface area contributed by atoms with Gasteiger partial charge in [-0.15, -0.1) is 0 Å². The summed E-state index contributed by atoms with van der Waals surface area (Å²) < 4.78 is 12.8. The zero-order valence-electron chi connectivity index (χ0n) is 11.9.